The van der Waals surface area contributed by atoms with Crippen LogP contribution in [0.2, 0.25) is 0 Å². The molecule has 1 amide bonds. The van der Waals surface area contributed by atoms with Crippen LogP contribution in [0.25, 0.3) is 10.9 Å². The minimum absolute atomic E-state index is 0.198. The number of pyridine rings is 2. The van der Waals surface area contributed by atoms with Gasteiger partial charge >= 0.3 is 0 Å². The van der Waals surface area contributed by atoms with E-state index in [1.807, 2.05) is 30.3 Å². The molecule has 1 aliphatic heterocycles. The zero-order valence-corrected chi connectivity index (χ0v) is 15.9. The lowest BCUT2D eigenvalue weighted by Crippen LogP contribution is -2.36. The first kappa shape index (κ1) is 18.7. The number of piperidine rings is 1. The second kappa shape index (κ2) is 8.15. The van der Waals surface area contributed by atoms with E-state index in [9.17, 15) is 10.1 Å². The maximum atomic E-state index is 11.2. The summed E-state index contributed by atoms with van der Waals surface area (Å²) in [6.07, 6.45) is 3.40. The van der Waals surface area contributed by atoms with Gasteiger partial charge in [-0.25, -0.2) is 4.98 Å². The Balaban J connectivity index is 1.40. The van der Waals surface area contributed by atoms with Crippen LogP contribution in [0.15, 0.2) is 48.7 Å². The number of para-hydroxylation sites is 1. The summed E-state index contributed by atoms with van der Waals surface area (Å²) in [6, 6.07) is 15.3. The normalized spacial score (nSPS) is 14.5. The van der Waals surface area contributed by atoms with E-state index in [-0.39, 0.29) is 5.69 Å². The van der Waals surface area contributed by atoms with Crippen LogP contribution in [-0.2, 0) is 0 Å². The fourth-order valence-electron chi connectivity index (χ4n) is 3.59. The molecule has 1 fully saturated rings. The molecule has 1 saturated heterocycles. The molecule has 7 heteroatoms. The van der Waals surface area contributed by atoms with E-state index in [0.29, 0.717) is 23.8 Å². The van der Waals surface area contributed by atoms with Gasteiger partial charge in [0.15, 0.2) is 0 Å². The molecular weight excluding hydrogens is 366 g/mol. The lowest BCUT2D eigenvalue weighted by Gasteiger charge is -2.33. The minimum atomic E-state index is -0.569. The van der Waals surface area contributed by atoms with Gasteiger partial charge in [-0.15, -0.1) is 0 Å². The van der Waals surface area contributed by atoms with Crippen molar-refractivity contribution in [2.24, 2.45) is 11.7 Å². The molecule has 0 bridgehead atoms. The lowest BCUT2D eigenvalue weighted by molar-refractivity contribution is 0.0995. The average Bonchev–Trinajstić information content (AvgIpc) is 2.77. The maximum Gasteiger partial charge on any atom is 0.267 e. The molecule has 0 radical (unpaired) electrons. The van der Waals surface area contributed by atoms with E-state index >= 15 is 0 Å². The van der Waals surface area contributed by atoms with E-state index in [1.165, 1.54) is 6.20 Å². The molecule has 146 valence electrons. The molecule has 3 aromatic rings. The molecule has 3 heterocycles. The number of hydrogen-bond donors (Lipinski definition) is 1. The Kier molecular flexibility index (Phi) is 5.25. The van der Waals surface area contributed by atoms with Gasteiger partial charge in [0.1, 0.15) is 23.3 Å². The third-order valence-corrected chi connectivity index (χ3v) is 5.21. The quantitative estimate of drug-likeness (QED) is 0.722. The Morgan fingerprint density at radius 3 is 2.79 bits per heavy atom. The minimum Gasteiger partial charge on any atom is -0.493 e. The molecule has 2 aromatic heterocycles. The zero-order chi connectivity index (χ0) is 20.2. The van der Waals surface area contributed by atoms with E-state index in [4.69, 9.17) is 15.5 Å². The number of nitriles is 1. The fourth-order valence-corrected chi connectivity index (χ4v) is 3.59. The van der Waals surface area contributed by atoms with Gasteiger partial charge < -0.3 is 15.4 Å². The van der Waals surface area contributed by atoms with Crippen molar-refractivity contribution >= 4 is 22.6 Å². The van der Waals surface area contributed by atoms with Gasteiger partial charge in [0, 0.05) is 30.7 Å². The number of nitrogens with zero attached hydrogens (tertiary/aromatic N) is 4. The summed E-state index contributed by atoms with van der Waals surface area (Å²) in [4.78, 5) is 22.1. The predicted octanol–water partition coefficient (Wildman–Crippen LogP) is 2.90. The van der Waals surface area contributed by atoms with Crippen molar-refractivity contribution in [2.45, 2.75) is 12.8 Å². The van der Waals surface area contributed by atoms with Crippen LogP contribution in [0.1, 0.15) is 28.9 Å². The predicted molar refractivity (Wildman–Crippen MR) is 110 cm³/mol. The summed E-state index contributed by atoms with van der Waals surface area (Å²) in [6.45, 7) is 2.19. The van der Waals surface area contributed by atoms with Crippen LogP contribution >= 0.6 is 0 Å². The summed E-state index contributed by atoms with van der Waals surface area (Å²) in [5.74, 6) is 1.17. The number of carbonyl (C=O) groups is 1. The fraction of sp³-hybridized carbons (Fsp3) is 0.273. The molecule has 2 N–H and O–H groups in total. The van der Waals surface area contributed by atoms with E-state index < -0.39 is 5.91 Å². The van der Waals surface area contributed by atoms with Crippen molar-refractivity contribution in [3.8, 4) is 11.8 Å². The first-order chi connectivity index (χ1) is 14.1. The zero-order valence-electron chi connectivity index (χ0n) is 15.9. The van der Waals surface area contributed by atoms with Crippen molar-refractivity contribution in [1.82, 2.24) is 9.97 Å². The Morgan fingerprint density at radius 2 is 2.03 bits per heavy atom. The first-order valence-electron chi connectivity index (χ1n) is 9.57. The number of amides is 1. The number of ether oxygens (including phenoxy) is 1. The molecule has 0 aliphatic carbocycles. The highest BCUT2D eigenvalue weighted by molar-refractivity contribution is 5.91. The highest BCUT2D eigenvalue weighted by Gasteiger charge is 2.23. The molecule has 0 unspecified atom stereocenters. The summed E-state index contributed by atoms with van der Waals surface area (Å²) in [5.41, 5.74) is 6.96. The molecule has 4 rings (SSSR count). The summed E-state index contributed by atoms with van der Waals surface area (Å²) < 4.78 is 5.85. The highest BCUT2D eigenvalue weighted by Crippen LogP contribution is 2.28. The van der Waals surface area contributed by atoms with Crippen LogP contribution in [0, 0.1) is 17.2 Å². The SMILES string of the molecule is N#Cc1cc2ccccc2nc1N1CCC(COc2ccnc(C(N)=O)c2)CC1. The van der Waals surface area contributed by atoms with Crippen LogP contribution in [-0.4, -0.2) is 35.6 Å². The monoisotopic (exact) mass is 387 g/mol. The third-order valence-electron chi connectivity index (χ3n) is 5.21. The van der Waals surface area contributed by atoms with Gasteiger partial charge in [0.05, 0.1) is 17.7 Å². The molecule has 0 saturated carbocycles. The van der Waals surface area contributed by atoms with Crippen molar-refractivity contribution in [1.29, 1.82) is 5.26 Å². The Morgan fingerprint density at radius 1 is 1.24 bits per heavy atom. The van der Waals surface area contributed by atoms with Gasteiger partial charge in [-0.2, -0.15) is 5.26 Å². The molecule has 1 aliphatic rings. The van der Waals surface area contributed by atoms with E-state index in [1.54, 1.807) is 12.1 Å². The van der Waals surface area contributed by atoms with Gasteiger partial charge in [-0.3, -0.25) is 9.78 Å². The van der Waals surface area contributed by atoms with E-state index in [0.717, 1.165) is 42.7 Å². The van der Waals surface area contributed by atoms with Crippen molar-refractivity contribution in [3.63, 3.8) is 0 Å². The Hall–Kier alpha value is -3.66. The van der Waals surface area contributed by atoms with Crippen molar-refractivity contribution < 1.29 is 9.53 Å². The second-order valence-corrected chi connectivity index (χ2v) is 7.15. The number of anilines is 1. The summed E-state index contributed by atoms with van der Waals surface area (Å²) in [7, 11) is 0. The highest BCUT2D eigenvalue weighted by atomic mass is 16.5. The summed E-state index contributed by atoms with van der Waals surface area (Å²) >= 11 is 0. The first-order valence-corrected chi connectivity index (χ1v) is 9.57. The van der Waals surface area contributed by atoms with Crippen LogP contribution in [0.3, 0.4) is 0 Å². The van der Waals surface area contributed by atoms with Crippen LogP contribution < -0.4 is 15.4 Å². The molecular formula is C22H21N5O2. The number of aromatic nitrogens is 2. The van der Waals surface area contributed by atoms with Gasteiger partial charge in [0.25, 0.3) is 5.91 Å². The standard InChI is InChI=1S/C22H21N5O2/c23-13-17-11-16-3-1-2-4-19(16)26-22(17)27-9-6-15(7-10-27)14-29-18-5-8-25-20(12-18)21(24)28/h1-5,8,11-12,15H,6-7,9-10,14H2,(H2,24,28). The second-order valence-electron chi connectivity index (χ2n) is 7.15. The smallest absolute Gasteiger partial charge is 0.267 e. The Bertz CT molecular complexity index is 1080. The topological polar surface area (TPSA) is 105 Å². The molecule has 29 heavy (non-hydrogen) atoms. The number of carbonyl (C=O) groups excluding carboxylic acids is 1. The average molecular weight is 387 g/mol. The number of rotatable bonds is 5. The van der Waals surface area contributed by atoms with Crippen molar-refractivity contribution in [3.05, 3.63) is 59.9 Å². The van der Waals surface area contributed by atoms with Gasteiger partial charge in [-0.05, 0) is 37.0 Å². The van der Waals surface area contributed by atoms with Gasteiger partial charge in [-0.1, -0.05) is 18.2 Å². The van der Waals surface area contributed by atoms with E-state index in [2.05, 4.69) is 16.0 Å². The number of primary amides is 1. The Labute approximate surface area is 168 Å². The van der Waals surface area contributed by atoms with Crippen LogP contribution in [0.5, 0.6) is 5.75 Å². The van der Waals surface area contributed by atoms with Crippen LogP contribution in [0.4, 0.5) is 5.82 Å². The molecule has 7 nitrogen and oxygen atoms in total. The largest absolute Gasteiger partial charge is 0.493 e. The molecule has 0 atom stereocenters. The van der Waals surface area contributed by atoms with Gasteiger partial charge in [0.2, 0.25) is 0 Å². The lowest BCUT2D eigenvalue weighted by atomic mass is 9.97. The number of fused-ring (bicyclic) bond motifs is 1. The third kappa shape index (κ3) is 4.11. The van der Waals surface area contributed by atoms with Crippen molar-refractivity contribution in [2.75, 3.05) is 24.6 Å². The number of hydrogen-bond acceptors (Lipinski definition) is 6. The summed E-state index contributed by atoms with van der Waals surface area (Å²) in [5, 5.41) is 10.5. The number of nitrogens with two attached hydrogens (primary N) is 1. The number of benzene rings is 1. The maximum absolute atomic E-state index is 11.2. The molecule has 1 aromatic carbocycles. The molecule has 0 spiro atoms.